The number of amides is 2. The lowest BCUT2D eigenvalue weighted by Crippen LogP contribution is -2.64. The van der Waals surface area contributed by atoms with E-state index in [0.29, 0.717) is 17.6 Å². The molecule has 3 aliphatic heterocycles. The zero-order chi connectivity index (χ0) is 30.8. The van der Waals surface area contributed by atoms with Gasteiger partial charge in [-0.1, -0.05) is 32.0 Å². The molecule has 10 nitrogen and oxygen atoms in total. The number of benzene rings is 2. The van der Waals surface area contributed by atoms with Crippen LogP contribution in [0.2, 0.25) is 0 Å². The molecule has 2 amide bonds. The van der Waals surface area contributed by atoms with Crippen molar-refractivity contribution in [2.75, 3.05) is 32.5 Å². The third-order valence-electron chi connectivity index (χ3n) is 9.22. The smallest absolute Gasteiger partial charge is 0.347 e. The number of carbonyl (C=O) groups is 3. The van der Waals surface area contributed by atoms with E-state index in [9.17, 15) is 19.2 Å². The first-order valence-corrected chi connectivity index (χ1v) is 14.8. The largest absolute Gasteiger partial charge is 0.497 e. The maximum atomic E-state index is 14.2. The second-order valence-corrected chi connectivity index (χ2v) is 12.2. The summed E-state index contributed by atoms with van der Waals surface area (Å²) in [5.74, 6) is -1.24. The summed E-state index contributed by atoms with van der Waals surface area (Å²) in [5, 5.41) is 4.14. The van der Waals surface area contributed by atoms with Crippen molar-refractivity contribution >= 4 is 45.7 Å². The van der Waals surface area contributed by atoms with Gasteiger partial charge in [0.1, 0.15) is 40.9 Å². The standard InChI is InChI=1S/C32H34ClN3O7/c1-16(2)10-21-29(39)36-22(28(38)35(21)3)14-32(19-8-6-7-9-20(19)34-31(32)36)27(23(37)15-33)25-12-17-11-18(41-4)13-24(42-5)26(17)30(40)43-25/h6-9,11-13,16,21-22,27,31,34H,10,14-15H2,1-5H3/t21-,22+,27-,31-,32-/m1/s1. The topological polar surface area (TPSA) is 118 Å². The first-order valence-electron chi connectivity index (χ1n) is 14.3. The Morgan fingerprint density at radius 3 is 2.53 bits per heavy atom. The number of fused-ring (bicyclic) bond motifs is 6. The number of nitrogens with one attached hydrogen (secondary N) is 1. The maximum Gasteiger partial charge on any atom is 0.347 e. The van der Waals surface area contributed by atoms with E-state index in [1.807, 2.05) is 38.1 Å². The fourth-order valence-electron chi connectivity index (χ4n) is 7.41. The van der Waals surface area contributed by atoms with Crippen LogP contribution in [0.5, 0.6) is 11.5 Å². The lowest BCUT2D eigenvalue weighted by atomic mass is 9.65. The van der Waals surface area contributed by atoms with Crippen LogP contribution in [0.25, 0.3) is 10.8 Å². The molecule has 1 N–H and O–H groups in total. The van der Waals surface area contributed by atoms with Crippen LogP contribution in [0.15, 0.2) is 51.7 Å². The van der Waals surface area contributed by atoms with E-state index >= 15 is 0 Å². The Kier molecular flexibility index (Phi) is 7.15. The van der Waals surface area contributed by atoms with Crippen LogP contribution in [0.4, 0.5) is 5.69 Å². The van der Waals surface area contributed by atoms with Crippen molar-refractivity contribution in [2.24, 2.45) is 5.92 Å². The number of methoxy groups -OCH3 is 2. The second kappa shape index (κ2) is 10.6. The SMILES string of the molecule is COc1cc(OC)c2c(=O)oc([C@@H](C(=O)CCl)[C@]34C[C@H]5C(=O)N(C)[C@H](CC(C)C)C(=O)N5[C@H]3Nc3ccccc34)cc2c1. The van der Waals surface area contributed by atoms with E-state index < -0.39 is 41.0 Å². The Labute approximate surface area is 253 Å². The van der Waals surface area contributed by atoms with Gasteiger partial charge in [-0.3, -0.25) is 14.4 Å². The second-order valence-electron chi connectivity index (χ2n) is 12.0. The molecule has 2 aromatic carbocycles. The van der Waals surface area contributed by atoms with Gasteiger partial charge in [-0.15, -0.1) is 11.6 Å². The molecule has 43 heavy (non-hydrogen) atoms. The van der Waals surface area contributed by atoms with Gasteiger partial charge in [0, 0.05) is 18.8 Å². The number of piperazine rings is 1. The fraction of sp³-hybridized carbons (Fsp3) is 0.438. The summed E-state index contributed by atoms with van der Waals surface area (Å²) in [5.41, 5.74) is -0.346. The number of likely N-dealkylation sites (N-methyl/N-ethyl adjacent to an activating group) is 1. The number of hydrogen-bond acceptors (Lipinski definition) is 8. The zero-order valence-corrected chi connectivity index (χ0v) is 25.4. The Morgan fingerprint density at radius 1 is 1.12 bits per heavy atom. The average Bonchev–Trinajstić information content (AvgIpc) is 3.49. The lowest BCUT2D eigenvalue weighted by Gasteiger charge is -2.43. The van der Waals surface area contributed by atoms with E-state index in [1.165, 1.54) is 19.1 Å². The van der Waals surface area contributed by atoms with Gasteiger partial charge in [-0.05, 0) is 47.9 Å². The van der Waals surface area contributed by atoms with Gasteiger partial charge in [0.15, 0.2) is 5.78 Å². The van der Waals surface area contributed by atoms with Gasteiger partial charge in [0.05, 0.1) is 31.4 Å². The molecule has 0 spiro atoms. The quantitative estimate of drug-likeness (QED) is 0.383. The van der Waals surface area contributed by atoms with Gasteiger partial charge in [-0.2, -0.15) is 0 Å². The fourth-order valence-corrected chi connectivity index (χ4v) is 7.56. The third kappa shape index (κ3) is 4.21. The average molecular weight is 608 g/mol. The minimum Gasteiger partial charge on any atom is -0.497 e. The number of hydrogen-bond donors (Lipinski definition) is 1. The molecular formula is C32H34ClN3O7. The Bertz CT molecular complexity index is 1700. The molecule has 3 aromatic rings. The predicted octanol–water partition coefficient (Wildman–Crippen LogP) is 3.88. The number of anilines is 1. The number of carbonyl (C=O) groups excluding carboxylic acids is 3. The summed E-state index contributed by atoms with van der Waals surface area (Å²) in [6.45, 7) is 4.02. The minimum atomic E-state index is -1.15. The van der Waals surface area contributed by atoms with E-state index in [4.69, 9.17) is 25.5 Å². The predicted molar refractivity (Wildman–Crippen MR) is 161 cm³/mol. The highest BCUT2D eigenvalue weighted by molar-refractivity contribution is 6.28. The van der Waals surface area contributed by atoms with Crippen molar-refractivity contribution in [1.29, 1.82) is 0 Å². The van der Waals surface area contributed by atoms with Crippen molar-refractivity contribution in [3.8, 4) is 11.5 Å². The van der Waals surface area contributed by atoms with Gasteiger partial charge in [-0.25, -0.2) is 4.79 Å². The van der Waals surface area contributed by atoms with Crippen LogP contribution in [0.3, 0.4) is 0 Å². The molecule has 1 aromatic heterocycles. The first-order chi connectivity index (χ1) is 20.6. The number of alkyl halides is 1. The monoisotopic (exact) mass is 607 g/mol. The highest BCUT2D eigenvalue weighted by Crippen LogP contribution is 2.59. The summed E-state index contributed by atoms with van der Waals surface area (Å²) in [4.78, 5) is 58.8. The first kappa shape index (κ1) is 29.0. The van der Waals surface area contributed by atoms with Gasteiger partial charge < -0.3 is 29.0 Å². The van der Waals surface area contributed by atoms with Crippen LogP contribution >= 0.6 is 11.6 Å². The molecule has 4 heterocycles. The summed E-state index contributed by atoms with van der Waals surface area (Å²) in [6.07, 6.45) is -0.112. The third-order valence-corrected chi connectivity index (χ3v) is 9.48. The highest BCUT2D eigenvalue weighted by Gasteiger charge is 2.68. The zero-order valence-electron chi connectivity index (χ0n) is 24.7. The van der Waals surface area contributed by atoms with Crippen LogP contribution in [-0.4, -0.2) is 72.8 Å². The van der Waals surface area contributed by atoms with Crippen molar-refractivity contribution in [3.63, 3.8) is 0 Å². The van der Waals surface area contributed by atoms with Crippen molar-refractivity contribution in [3.05, 3.63) is 64.2 Å². The number of rotatable bonds is 8. The Hall–Kier alpha value is -4.05. The molecule has 0 radical (unpaired) electrons. The minimum absolute atomic E-state index is 0.0915. The van der Waals surface area contributed by atoms with Crippen LogP contribution < -0.4 is 20.4 Å². The molecule has 2 fully saturated rings. The van der Waals surface area contributed by atoms with Crippen molar-refractivity contribution in [2.45, 2.75) is 56.3 Å². The molecular weight excluding hydrogens is 574 g/mol. The van der Waals surface area contributed by atoms with Gasteiger partial charge in [0.25, 0.3) is 0 Å². The van der Waals surface area contributed by atoms with E-state index in [2.05, 4.69) is 5.32 Å². The van der Waals surface area contributed by atoms with Crippen molar-refractivity contribution < 1.29 is 28.3 Å². The lowest BCUT2D eigenvalue weighted by molar-refractivity contribution is -0.160. The molecule has 226 valence electrons. The molecule has 2 saturated heterocycles. The Morgan fingerprint density at radius 2 is 1.86 bits per heavy atom. The summed E-state index contributed by atoms with van der Waals surface area (Å²) >= 11 is 6.27. The van der Waals surface area contributed by atoms with E-state index in [-0.39, 0.29) is 46.9 Å². The molecule has 0 saturated carbocycles. The number of ketones is 1. The molecule has 0 unspecified atom stereocenters. The molecule has 0 bridgehead atoms. The van der Waals surface area contributed by atoms with Crippen LogP contribution in [-0.2, 0) is 19.8 Å². The van der Waals surface area contributed by atoms with Crippen LogP contribution in [0, 0.1) is 5.92 Å². The number of para-hydroxylation sites is 1. The van der Waals surface area contributed by atoms with Crippen LogP contribution in [0.1, 0.15) is 43.9 Å². The van der Waals surface area contributed by atoms with Gasteiger partial charge >= 0.3 is 5.63 Å². The summed E-state index contributed by atoms with van der Waals surface area (Å²) in [6, 6.07) is 10.9. The number of ether oxygens (including phenoxy) is 2. The number of nitrogens with zero attached hydrogens (tertiary/aromatic N) is 2. The summed E-state index contributed by atoms with van der Waals surface area (Å²) in [7, 11) is 4.61. The molecule has 5 atom stereocenters. The summed E-state index contributed by atoms with van der Waals surface area (Å²) < 4.78 is 16.8. The van der Waals surface area contributed by atoms with Crippen molar-refractivity contribution in [1.82, 2.24) is 9.80 Å². The molecule has 11 heteroatoms. The molecule has 3 aliphatic rings. The Balaban J connectivity index is 1.60. The van der Waals surface area contributed by atoms with E-state index in [0.717, 1.165) is 11.3 Å². The molecule has 0 aliphatic carbocycles. The number of Topliss-reactive ketones (excluding diaryl/α,β-unsaturated/α-hetero) is 1. The van der Waals surface area contributed by atoms with E-state index in [1.54, 1.807) is 30.1 Å². The number of halogens is 1. The van der Waals surface area contributed by atoms with Gasteiger partial charge in [0.2, 0.25) is 11.8 Å². The highest BCUT2D eigenvalue weighted by atomic mass is 35.5. The maximum absolute atomic E-state index is 14.2. The normalized spacial score (nSPS) is 25.0. The molecule has 6 rings (SSSR count).